The number of allylic oxidation sites excluding steroid dienone is 1. The molecule has 0 aromatic carbocycles. The third-order valence-electron chi connectivity index (χ3n) is 3.11. The van der Waals surface area contributed by atoms with Crippen LogP contribution in [-0.2, 0) is 4.79 Å². The highest BCUT2D eigenvalue weighted by atomic mass is 19.4. The minimum absolute atomic E-state index is 0.114. The van der Waals surface area contributed by atoms with Gasteiger partial charge in [-0.05, 0) is 12.8 Å². The van der Waals surface area contributed by atoms with E-state index in [1.54, 1.807) is 11.9 Å². The number of alkyl halides is 3. The number of hydrogen-bond acceptors (Lipinski definition) is 3. The molecule has 0 aromatic heterocycles. The number of halogens is 3. The monoisotopic (exact) mass is 260 g/mol. The van der Waals surface area contributed by atoms with Gasteiger partial charge in [-0.1, -0.05) is 19.3 Å². The maximum atomic E-state index is 12.2. The number of rotatable bonds is 3. The minimum atomic E-state index is -4.99. The van der Waals surface area contributed by atoms with E-state index >= 15 is 0 Å². The number of nitrogens with zero attached hydrogens (tertiary/aromatic N) is 2. The summed E-state index contributed by atoms with van der Waals surface area (Å²) in [6.07, 6.45) is 0.967. The zero-order valence-corrected chi connectivity index (χ0v) is 10.1. The standard InChI is InChI=1S/C12H15F3N2O/c1-17(10-5-3-2-4-6-10)8-9(7-16)11(18)12(13,14)15/h8,10H,2-6H2,1H3/b9-8+. The molecule has 1 aliphatic carbocycles. The Morgan fingerprint density at radius 2 is 1.89 bits per heavy atom. The maximum Gasteiger partial charge on any atom is 0.455 e. The van der Waals surface area contributed by atoms with Gasteiger partial charge in [-0.25, -0.2) is 0 Å². The predicted octanol–water partition coefficient (Wildman–Crippen LogP) is 2.79. The number of nitriles is 1. The first-order valence-electron chi connectivity index (χ1n) is 5.81. The Balaban J connectivity index is 2.78. The molecule has 0 atom stereocenters. The molecule has 1 rings (SSSR count). The Morgan fingerprint density at radius 3 is 2.33 bits per heavy atom. The van der Waals surface area contributed by atoms with E-state index in [9.17, 15) is 18.0 Å². The topological polar surface area (TPSA) is 44.1 Å². The SMILES string of the molecule is CN(/C=C(\C#N)C(=O)C(F)(F)F)C1CCCCC1. The van der Waals surface area contributed by atoms with Gasteiger partial charge in [0.1, 0.15) is 11.6 Å². The van der Waals surface area contributed by atoms with Crippen LogP contribution in [0.25, 0.3) is 0 Å². The van der Waals surface area contributed by atoms with Crippen molar-refractivity contribution in [3.8, 4) is 6.07 Å². The zero-order chi connectivity index (χ0) is 13.8. The molecule has 0 bridgehead atoms. The fourth-order valence-electron chi connectivity index (χ4n) is 2.09. The van der Waals surface area contributed by atoms with E-state index in [1.807, 2.05) is 0 Å². The van der Waals surface area contributed by atoms with Crippen LogP contribution in [0.5, 0.6) is 0 Å². The molecule has 0 aliphatic heterocycles. The molecular weight excluding hydrogens is 245 g/mol. The second-order valence-corrected chi connectivity index (χ2v) is 4.44. The van der Waals surface area contributed by atoms with Crippen molar-refractivity contribution in [3.63, 3.8) is 0 Å². The zero-order valence-electron chi connectivity index (χ0n) is 10.1. The summed E-state index contributed by atoms with van der Waals surface area (Å²) in [5, 5.41) is 8.64. The van der Waals surface area contributed by atoms with Gasteiger partial charge in [-0.15, -0.1) is 0 Å². The average molecular weight is 260 g/mol. The van der Waals surface area contributed by atoms with Gasteiger partial charge in [0.15, 0.2) is 0 Å². The predicted molar refractivity (Wildman–Crippen MR) is 59.4 cm³/mol. The number of carbonyl (C=O) groups excluding carboxylic acids is 1. The molecule has 0 saturated heterocycles. The van der Waals surface area contributed by atoms with Gasteiger partial charge >= 0.3 is 6.18 Å². The first kappa shape index (κ1) is 14.6. The third-order valence-corrected chi connectivity index (χ3v) is 3.11. The first-order valence-corrected chi connectivity index (χ1v) is 5.81. The highest BCUT2D eigenvalue weighted by Crippen LogP contribution is 2.24. The van der Waals surface area contributed by atoms with Gasteiger partial charge in [0.25, 0.3) is 5.78 Å². The van der Waals surface area contributed by atoms with Gasteiger partial charge in [0.05, 0.1) is 0 Å². The van der Waals surface area contributed by atoms with E-state index in [0.717, 1.165) is 38.3 Å². The Kier molecular flexibility index (Phi) is 4.76. The van der Waals surface area contributed by atoms with E-state index in [1.165, 1.54) is 6.07 Å². The molecule has 0 heterocycles. The van der Waals surface area contributed by atoms with E-state index < -0.39 is 17.5 Å². The summed E-state index contributed by atoms with van der Waals surface area (Å²) in [4.78, 5) is 12.5. The minimum Gasteiger partial charge on any atom is -0.376 e. The van der Waals surface area contributed by atoms with Crippen molar-refractivity contribution in [2.75, 3.05) is 7.05 Å². The lowest BCUT2D eigenvalue weighted by Crippen LogP contribution is -2.31. The molecule has 0 unspecified atom stereocenters. The van der Waals surface area contributed by atoms with E-state index in [0.29, 0.717) is 0 Å². The summed E-state index contributed by atoms with van der Waals surface area (Å²) in [5.74, 6) is -2.08. The molecule has 1 saturated carbocycles. The summed E-state index contributed by atoms with van der Waals surface area (Å²) in [6.45, 7) is 0. The molecule has 1 fully saturated rings. The Morgan fingerprint density at radius 1 is 1.33 bits per heavy atom. The van der Waals surface area contributed by atoms with Crippen LogP contribution in [-0.4, -0.2) is 29.9 Å². The van der Waals surface area contributed by atoms with Crippen molar-refractivity contribution in [1.29, 1.82) is 5.26 Å². The lowest BCUT2D eigenvalue weighted by Gasteiger charge is -2.30. The lowest BCUT2D eigenvalue weighted by atomic mass is 9.94. The fraction of sp³-hybridized carbons (Fsp3) is 0.667. The van der Waals surface area contributed by atoms with Crippen LogP contribution in [0.1, 0.15) is 32.1 Å². The molecule has 0 radical (unpaired) electrons. The highest BCUT2D eigenvalue weighted by Gasteiger charge is 2.41. The number of ketones is 1. The molecule has 3 nitrogen and oxygen atoms in total. The van der Waals surface area contributed by atoms with E-state index in [2.05, 4.69) is 0 Å². The van der Waals surface area contributed by atoms with Crippen molar-refractivity contribution >= 4 is 5.78 Å². The van der Waals surface area contributed by atoms with Crippen molar-refractivity contribution in [3.05, 3.63) is 11.8 Å². The van der Waals surface area contributed by atoms with Crippen LogP contribution >= 0.6 is 0 Å². The van der Waals surface area contributed by atoms with Crippen LogP contribution in [0, 0.1) is 11.3 Å². The van der Waals surface area contributed by atoms with Crippen LogP contribution in [0.4, 0.5) is 13.2 Å². The van der Waals surface area contributed by atoms with Gasteiger partial charge in [-0.2, -0.15) is 18.4 Å². The Bertz CT molecular complexity index is 376. The number of Topliss-reactive ketones (excluding diaryl/α,β-unsaturated/α-hetero) is 1. The molecule has 0 spiro atoms. The molecule has 0 amide bonds. The lowest BCUT2D eigenvalue weighted by molar-refractivity contribution is -0.166. The second kappa shape index (κ2) is 5.89. The van der Waals surface area contributed by atoms with Crippen molar-refractivity contribution in [2.45, 2.75) is 44.3 Å². The van der Waals surface area contributed by atoms with Crippen molar-refractivity contribution in [2.24, 2.45) is 0 Å². The molecule has 6 heteroatoms. The molecular formula is C12H15F3N2O. The quantitative estimate of drug-likeness (QED) is 0.579. The van der Waals surface area contributed by atoms with Crippen LogP contribution in [0.15, 0.2) is 11.8 Å². The number of hydrogen-bond donors (Lipinski definition) is 0. The van der Waals surface area contributed by atoms with Gasteiger partial charge in [-0.3, -0.25) is 4.79 Å². The van der Waals surface area contributed by atoms with Gasteiger partial charge < -0.3 is 4.90 Å². The van der Waals surface area contributed by atoms with Crippen LogP contribution in [0.3, 0.4) is 0 Å². The third kappa shape index (κ3) is 3.76. The Hall–Kier alpha value is -1.51. The van der Waals surface area contributed by atoms with Crippen LogP contribution in [0.2, 0.25) is 0 Å². The second-order valence-electron chi connectivity index (χ2n) is 4.44. The normalized spacial score (nSPS) is 18.3. The summed E-state index contributed by atoms with van der Waals surface area (Å²) in [7, 11) is 1.61. The number of carbonyl (C=O) groups is 1. The summed E-state index contributed by atoms with van der Waals surface area (Å²) >= 11 is 0. The van der Waals surface area contributed by atoms with Crippen LogP contribution < -0.4 is 0 Å². The molecule has 100 valence electrons. The van der Waals surface area contributed by atoms with E-state index in [4.69, 9.17) is 5.26 Å². The first-order chi connectivity index (χ1) is 8.36. The molecule has 0 N–H and O–H groups in total. The fourth-order valence-corrected chi connectivity index (χ4v) is 2.09. The van der Waals surface area contributed by atoms with Gasteiger partial charge in [0, 0.05) is 19.3 Å². The molecule has 0 aromatic rings. The average Bonchev–Trinajstić information content (AvgIpc) is 2.34. The van der Waals surface area contributed by atoms with Gasteiger partial charge in [0.2, 0.25) is 0 Å². The van der Waals surface area contributed by atoms with Crippen molar-refractivity contribution in [1.82, 2.24) is 4.90 Å². The van der Waals surface area contributed by atoms with Crippen molar-refractivity contribution < 1.29 is 18.0 Å². The van der Waals surface area contributed by atoms with E-state index in [-0.39, 0.29) is 6.04 Å². The summed E-state index contributed by atoms with van der Waals surface area (Å²) in [6, 6.07) is 1.44. The molecule has 18 heavy (non-hydrogen) atoms. The summed E-state index contributed by atoms with van der Waals surface area (Å²) in [5.41, 5.74) is -0.851. The smallest absolute Gasteiger partial charge is 0.376 e. The highest BCUT2D eigenvalue weighted by molar-refractivity contribution is 6.02. The largest absolute Gasteiger partial charge is 0.455 e. The maximum absolute atomic E-state index is 12.2. The summed E-state index contributed by atoms with van der Waals surface area (Å²) < 4.78 is 36.7. The molecule has 1 aliphatic rings. The Labute approximate surface area is 104 Å².